The van der Waals surface area contributed by atoms with Gasteiger partial charge in [0.05, 0.1) is 23.2 Å². The van der Waals surface area contributed by atoms with E-state index in [0.29, 0.717) is 17.9 Å². The number of hydrogen-bond donors (Lipinski definition) is 1. The molecule has 0 unspecified atom stereocenters. The molecule has 0 aliphatic rings. The minimum absolute atomic E-state index is 0.277. The second-order valence-electron chi connectivity index (χ2n) is 4.18. The topological polar surface area (TPSA) is 37.9 Å². The zero-order chi connectivity index (χ0) is 13.2. The van der Waals surface area contributed by atoms with Crippen LogP contribution in [0.15, 0.2) is 42.5 Å². The van der Waals surface area contributed by atoms with Crippen LogP contribution in [0, 0.1) is 5.82 Å². The lowest BCUT2D eigenvalue weighted by Gasteiger charge is -2.07. The van der Waals surface area contributed by atoms with Crippen LogP contribution in [0.1, 0.15) is 6.92 Å². The van der Waals surface area contributed by atoms with Gasteiger partial charge in [-0.1, -0.05) is 12.1 Å². The number of aromatic nitrogens is 2. The van der Waals surface area contributed by atoms with E-state index in [9.17, 15) is 4.39 Å². The van der Waals surface area contributed by atoms with Crippen molar-refractivity contribution >= 4 is 11.0 Å². The average molecular weight is 256 g/mol. The van der Waals surface area contributed by atoms with Gasteiger partial charge in [-0.05, 0) is 37.3 Å². The van der Waals surface area contributed by atoms with Crippen molar-refractivity contribution in [2.75, 3.05) is 6.61 Å². The number of halogens is 1. The van der Waals surface area contributed by atoms with Crippen LogP contribution in [0.3, 0.4) is 0 Å². The summed E-state index contributed by atoms with van der Waals surface area (Å²) >= 11 is 0. The number of para-hydroxylation sites is 1. The van der Waals surface area contributed by atoms with Crippen molar-refractivity contribution in [1.29, 1.82) is 0 Å². The van der Waals surface area contributed by atoms with Crippen molar-refractivity contribution in [3.8, 4) is 17.1 Å². The smallest absolute Gasteiger partial charge is 0.142 e. The molecule has 3 nitrogen and oxygen atoms in total. The number of hydrogen-bond acceptors (Lipinski definition) is 2. The third-order valence-electron chi connectivity index (χ3n) is 2.89. The Morgan fingerprint density at radius 3 is 2.89 bits per heavy atom. The van der Waals surface area contributed by atoms with Crippen LogP contribution < -0.4 is 4.74 Å². The maximum absolute atomic E-state index is 13.2. The maximum Gasteiger partial charge on any atom is 0.142 e. The molecule has 0 amide bonds. The van der Waals surface area contributed by atoms with Crippen molar-refractivity contribution in [1.82, 2.24) is 9.97 Å². The average Bonchev–Trinajstić information content (AvgIpc) is 2.82. The molecule has 0 saturated heterocycles. The predicted molar refractivity (Wildman–Crippen MR) is 72.7 cm³/mol. The third-order valence-corrected chi connectivity index (χ3v) is 2.89. The van der Waals surface area contributed by atoms with Gasteiger partial charge in [0, 0.05) is 0 Å². The number of nitrogens with one attached hydrogen (secondary N) is 1. The first-order valence-electron chi connectivity index (χ1n) is 6.15. The molecule has 0 bridgehead atoms. The number of imidazole rings is 1. The molecule has 2 aromatic carbocycles. The minimum atomic E-state index is -0.277. The van der Waals surface area contributed by atoms with Crippen LogP contribution in [-0.2, 0) is 0 Å². The zero-order valence-electron chi connectivity index (χ0n) is 10.5. The molecule has 3 rings (SSSR count). The Morgan fingerprint density at radius 2 is 2.05 bits per heavy atom. The largest absolute Gasteiger partial charge is 0.493 e. The highest BCUT2D eigenvalue weighted by Crippen LogP contribution is 2.29. The molecule has 19 heavy (non-hydrogen) atoms. The number of benzene rings is 2. The first-order chi connectivity index (χ1) is 9.28. The van der Waals surface area contributed by atoms with Crippen LogP contribution in [0.5, 0.6) is 5.75 Å². The van der Waals surface area contributed by atoms with E-state index in [1.165, 1.54) is 12.1 Å². The van der Waals surface area contributed by atoms with E-state index in [-0.39, 0.29) is 5.82 Å². The van der Waals surface area contributed by atoms with Crippen LogP contribution >= 0.6 is 0 Å². The summed E-state index contributed by atoms with van der Waals surface area (Å²) in [5.41, 5.74) is 2.30. The molecule has 1 heterocycles. The fourth-order valence-electron chi connectivity index (χ4n) is 2.05. The third kappa shape index (κ3) is 2.17. The van der Waals surface area contributed by atoms with Gasteiger partial charge in [0.15, 0.2) is 0 Å². The van der Waals surface area contributed by atoms with Gasteiger partial charge < -0.3 is 9.72 Å². The number of nitrogens with zero attached hydrogens (tertiary/aromatic N) is 1. The highest BCUT2D eigenvalue weighted by Gasteiger charge is 2.10. The molecule has 0 spiro atoms. The van der Waals surface area contributed by atoms with Crippen molar-refractivity contribution in [2.45, 2.75) is 6.92 Å². The standard InChI is InChI=1S/C15H13FN2O/c1-2-19-14-6-4-3-5-11(14)15-17-12-8-7-10(16)9-13(12)18-15/h3-9H,2H2,1H3,(H,17,18). The number of rotatable bonds is 3. The van der Waals surface area contributed by atoms with Gasteiger partial charge in [0.1, 0.15) is 17.4 Å². The molecule has 0 aliphatic carbocycles. The lowest BCUT2D eigenvalue weighted by Crippen LogP contribution is -1.94. The second kappa shape index (κ2) is 4.72. The lowest BCUT2D eigenvalue weighted by atomic mass is 10.2. The minimum Gasteiger partial charge on any atom is -0.493 e. The molecular formula is C15H13FN2O. The molecule has 0 atom stereocenters. The number of aromatic amines is 1. The van der Waals surface area contributed by atoms with Gasteiger partial charge in [-0.25, -0.2) is 9.37 Å². The highest BCUT2D eigenvalue weighted by atomic mass is 19.1. The summed E-state index contributed by atoms with van der Waals surface area (Å²) in [5.74, 6) is 1.18. The van der Waals surface area contributed by atoms with E-state index < -0.39 is 0 Å². The van der Waals surface area contributed by atoms with E-state index in [4.69, 9.17) is 4.74 Å². The summed E-state index contributed by atoms with van der Waals surface area (Å²) in [6.45, 7) is 2.52. The SMILES string of the molecule is CCOc1ccccc1-c1nc2ccc(F)cc2[nH]1. The van der Waals surface area contributed by atoms with Crippen LogP contribution in [0.2, 0.25) is 0 Å². The quantitative estimate of drug-likeness (QED) is 0.774. The number of H-pyrrole nitrogens is 1. The normalized spacial score (nSPS) is 10.8. The van der Waals surface area contributed by atoms with Gasteiger partial charge in [-0.15, -0.1) is 0 Å². The predicted octanol–water partition coefficient (Wildman–Crippen LogP) is 3.77. The number of ether oxygens (including phenoxy) is 1. The lowest BCUT2D eigenvalue weighted by molar-refractivity contribution is 0.341. The Morgan fingerprint density at radius 1 is 1.21 bits per heavy atom. The van der Waals surface area contributed by atoms with Crippen molar-refractivity contribution in [3.63, 3.8) is 0 Å². The highest BCUT2D eigenvalue weighted by molar-refractivity contribution is 5.80. The van der Waals surface area contributed by atoms with Crippen molar-refractivity contribution in [3.05, 3.63) is 48.3 Å². The summed E-state index contributed by atoms with van der Waals surface area (Å²) < 4.78 is 18.8. The summed E-state index contributed by atoms with van der Waals surface area (Å²) in [6, 6.07) is 12.2. The molecular weight excluding hydrogens is 243 g/mol. The summed E-state index contributed by atoms with van der Waals surface area (Å²) in [6.07, 6.45) is 0. The fraction of sp³-hybridized carbons (Fsp3) is 0.133. The second-order valence-corrected chi connectivity index (χ2v) is 4.18. The van der Waals surface area contributed by atoms with Crippen LogP contribution in [-0.4, -0.2) is 16.6 Å². The Kier molecular flexibility index (Phi) is 2.91. The molecule has 96 valence electrons. The number of fused-ring (bicyclic) bond motifs is 1. The van der Waals surface area contributed by atoms with Gasteiger partial charge in [0.25, 0.3) is 0 Å². The summed E-state index contributed by atoms with van der Waals surface area (Å²) in [7, 11) is 0. The van der Waals surface area contributed by atoms with Gasteiger partial charge in [0.2, 0.25) is 0 Å². The van der Waals surface area contributed by atoms with Gasteiger partial charge >= 0.3 is 0 Å². The summed E-state index contributed by atoms with van der Waals surface area (Å²) in [4.78, 5) is 7.59. The molecule has 0 aliphatic heterocycles. The first kappa shape index (κ1) is 11.7. The molecule has 3 aromatic rings. The van der Waals surface area contributed by atoms with Gasteiger partial charge in [-0.2, -0.15) is 0 Å². The van der Waals surface area contributed by atoms with Crippen LogP contribution in [0.4, 0.5) is 4.39 Å². The molecule has 1 N–H and O–H groups in total. The van der Waals surface area contributed by atoms with Crippen molar-refractivity contribution < 1.29 is 9.13 Å². The fourth-order valence-corrected chi connectivity index (χ4v) is 2.05. The molecule has 0 saturated carbocycles. The zero-order valence-corrected chi connectivity index (χ0v) is 10.5. The van der Waals surface area contributed by atoms with Gasteiger partial charge in [-0.3, -0.25) is 0 Å². The van der Waals surface area contributed by atoms with E-state index in [1.807, 2.05) is 31.2 Å². The Hall–Kier alpha value is -2.36. The Balaban J connectivity index is 2.13. The Bertz CT molecular complexity index is 721. The van der Waals surface area contributed by atoms with E-state index in [1.54, 1.807) is 6.07 Å². The summed E-state index contributed by atoms with van der Waals surface area (Å²) in [5, 5.41) is 0. The first-order valence-corrected chi connectivity index (χ1v) is 6.15. The maximum atomic E-state index is 13.2. The molecule has 0 radical (unpaired) electrons. The Labute approximate surface area is 110 Å². The van der Waals surface area contributed by atoms with Crippen LogP contribution in [0.25, 0.3) is 22.4 Å². The van der Waals surface area contributed by atoms with E-state index in [0.717, 1.165) is 16.8 Å². The van der Waals surface area contributed by atoms with Crippen molar-refractivity contribution in [2.24, 2.45) is 0 Å². The molecule has 0 fully saturated rings. The molecule has 1 aromatic heterocycles. The van der Waals surface area contributed by atoms with E-state index in [2.05, 4.69) is 9.97 Å². The van der Waals surface area contributed by atoms with E-state index >= 15 is 0 Å². The monoisotopic (exact) mass is 256 g/mol. The molecule has 4 heteroatoms.